The minimum atomic E-state index is 0.387. The molecule has 1 aliphatic heterocycles. The van der Waals surface area contributed by atoms with E-state index in [1.807, 2.05) is 0 Å². The summed E-state index contributed by atoms with van der Waals surface area (Å²) in [6, 6.07) is 22.0. The average molecular weight is 359 g/mol. The number of hydrogen-bond donors (Lipinski definition) is 0. The first kappa shape index (κ1) is 15.7. The fraction of sp³-hybridized carbons (Fsp3) is 0.111. The third kappa shape index (κ3) is 2.13. The Morgan fingerprint density at radius 1 is 0.893 bits per heavy atom. The molecule has 3 aliphatic carbocycles. The largest absolute Gasteiger partial charge is 0.323 e. The highest BCUT2D eigenvalue weighted by atomic mass is 14.9. The molecule has 0 saturated heterocycles. The number of rotatable bonds is 1. The van der Waals surface area contributed by atoms with Crippen molar-refractivity contribution in [3.63, 3.8) is 0 Å². The van der Waals surface area contributed by atoms with Gasteiger partial charge in [-0.15, -0.1) is 0 Å². The topological polar surface area (TPSA) is 4.93 Å². The lowest BCUT2D eigenvalue weighted by atomic mass is 9.81. The molecule has 0 aromatic heterocycles. The summed E-state index contributed by atoms with van der Waals surface area (Å²) in [5.74, 6) is 0.387. The van der Waals surface area contributed by atoms with Crippen LogP contribution in [0.3, 0.4) is 0 Å². The smallest absolute Gasteiger partial charge is 0.0449 e. The van der Waals surface area contributed by atoms with Crippen molar-refractivity contribution in [1.82, 2.24) is 4.57 Å². The van der Waals surface area contributed by atoms with Crippen molar-refractivity contribution in [2.75, 3.05) is 0 Å². The second-order valence-corrected chi connectivity index (χ2v) is 8.04. The van der Waals surface area contributed by atoms with Crippen molar-refractivity contribution in [1.29, 1.82) is 0 Å². The lowest BCUT2D eigenvalue weighted by Gasteiger charge is -2.23. The molecule has 2 aromatic rings. The van der Waals surface area contributed by atoms with Gasteiger partial charge < -0.3 is 4.57 Å². The SMILES string of the molecule is Cc1ccc2c(c1)=C1C(=Cc3cc4ccn(-c5ccccc5)cc-4c3C1C)C=2. The van der Waals surface area contributed by atoms with E-state index >= 15 is 0 Å². The van der Waals surface area contributed by atoms with Gasteiger partial charge in [0.25, 0.3) is 0 Å². The fourth-order valence-corrected chi connectivity index (χ4v) is 4.97. The molecule has 0 saturated carbocycles. The predicted octanol–water partition coefficient (Wildman–Crippen LogP) is 5.04. The van der Waals surface area contributed by atoms with Crippen molar-refractivity contribution >= 4 is 17.7 Å². The molecule has 0 amide bonds. The summed E-state index contributed by atoms with van der Waals surface area (Å²) in [5.41, 5.74) is 10.9. The highest BCUT2D eigenvalue weighted by Gasteiger charge is 2.29. The number of fused-ring (bicyclic) bond motifs is 5. The molecule has 0 spiro atoms. The Bertz CT molecular complexity index is 1370. The number of nitrogens with zero attached hydrogens (tertiary/aromatic N) is 1. The Kier molecular flexibility index (Phi) is 3.14. The van der Waals surface area contributed by atoms with Gasteiger partial charge in [0.15, 0.2) is 0 Å². The minimum absolute atomic E-state index is 0.387. The first-order valence-corrected chi connectivity index (χ1v) is 9.94. The van der Waals surface area contributed by atoms with E-state index in [-0.39, 0.29) is 0 Å². The lowest BCUT2D eigenvalue weighted by Crippen LogP contribution is -2.24. The summed E-state index contributed by atoms with van der Waals surface area (Å²) in [7, 11) is 0. The molecule has 28 heavy (non-hydrogen) atoms. The Balaban J connectivity index is 1.61. The van der Waals surface area contributed by atoms with Gasteiger partial charge in [0.1, 0.15) is 0 Å². The highest BCUT2D eigenvalue weighted by molar-refractivity contribution is 5.98. The molecule has 6 rings (SSSR count). The second kappa shape index (κ2) is 5.59. The van der Waals surface area contributed by atoms with Crippen LogP contribution < -0.4 is 10.4 Å². The predicted molar refractivity (Wildman–Crippen MR) is 117 cm³/mol. The molecule has 134 valence electrons. The summed E-state index contributed by atoms with van der Waals surface area (Å²) >= 11 is 0. The number of pyridine rings is 1. The van der Waals surface area contributed by atoms with Crippen LogP contribution in [0, 0.1) is 6.92 Å². The van der Waals surface area contributed by atoms with Crippen LogP contribution in [0.2, 0.25) is 0 Å². The number of para-hydroxylation sites is 1. The number of aromatic nitrogens is 1. The first-order valence-electron chi connectivity index (χ1n) is 9.94. The molecule has 2 aromatic carbocycles. The Morgan fingerprint density at radius 2 is 1.75 bits per heavy atom. The van der Waals surface area contributed by atoms with E-state index in [2.05, 4.69) is 104 Å². The third-order valence-corrected chi connectivity index (χ3v) is 6.26. The lowest BCUT2D eigenvalue weighted by molar-refractivity contribution is 0.974. The van der Waals surface area contributed by atoms with Gasteiger partial charge in [-0.2, -0.15) is 0 Å². The molecule has 1 heteroatoms. The van der Waals surface area contributed by atoms with Crippen LogP contribution in [0.15, 0.2) is 78.6 Å². The second-order valence-electron chi connectivity index (χ2n) is 8.04. The number of aryl methyl sites for hydroxylation is 1. The summed E-state index contributed by atoms with van der Waals surface area (Å²) in [6.07, 6.45) is 9.20. The molecular weight excluding hydrogens is 338 g/mol. The molecule has 0 radical (unpaired) electrons. The van der Waals surface area contributed by atoms with Crippen molar-refractivity contribution in [3.8, 4) is 16.8 Å². The van der Waals surface area contributed by atoms with E-state index in [1.54, 1.807) is 0 Å². The van der Waals surface area contributed by atoms with Crippen molar-refractivity contribution in [2.45, 2.75) is 19.8 Å². The zero-order chi connectivity index (χ0) is 18.8. The molecule has 1 unspecified atom stereocenters. The van der Waals surface area contributed by atoms with E-state index in [1.165, 1.54) is 55.1 Å². The average Bonchev–Trinajstić information content (AvgIpc) is 3.26. The van der Waals surface area contributed by atoms with Gasteiger partial charge in [-0.25, -0.2) is 0 Å². The summed E-state index contributed by atoms with van der Waals surface area (Å²) in [6.45, 7) is 4.55. The maximum Gasteiger partial charge on any atom is 0.0449 e. The van der Waals surface area contributed by atoms with Crippen molar-refractivity contribution in [3.05, 3.63) is 106 Å². The van der Waals surface area contributed by atoms with Gasteiger partial charge in [-0.3, -0.25) is 0 Å². The zero-order valence-electron chi connectivity index (χ0n) is 16.1. The van der Waals surface area contributed by atoms with Gasteiger partial charge in [-0.1, -0.05) is 48.9 Å². The van der Waals surface area contributed by atoms with E-state index in [9.17, 15) is 0 Å². The molecule has 1 heterocycles. The minimum Gasteiger partial charge on any atom is -0.323 e. The quantitative estimate of drug-likeness (QED) is 0.449. The van der Waals surface area contributed by atoms with E-state index in [4.69, 9.17) is 0 Å². The van der Waals surface area contributed by atoms with Gasteiger partial charge in [0, 0.05) is 29.6 Å². The van der Waals surface area contributed by atoms with Gasteiger partial charge in [-0.05, 0) is 81.6 Å². The fourth-order valence-electron chi connectivity index (χ4n) is 4.97. The molecular formula is C27H21N. The van der Waals surface area contributed by atoms with E-state index in [0.717, 1.165) is 0 Å². The van der Waals surface area contributed by atoms with Crippen LogP contribution in [0.25, 0.3) is 34.5 Å². The molecule has 4 aliphatic rings. The van der Waals surface area contributed by atoms with Crippen LogP contribution in [0.1, 0.15) is 29.5 Å². The number of benzene rings is 2. The monoisotopic (exact) mass is 359 g/mol. The number of allylic oxidation sites excluding steroid dienone is 1. The Hall–Kier alpha value is -3.32. The first-order chi connectivity index (χ1) is 13.7. The molecule has 1 atom stereocenters. The summed E-state index contributed by atoms with van der Waals surface area (Å²) in [5, 5.41) is 2.76. The summed E-state index contributed by atoms with van der Waals surface area (Å²) in [4.78, 5) is 0. The van der Waals surface area contributed by atoms with Crippen LogP contribution >= 0.6 is 0 Å². The number of hydrogen-bond acceptors (Lipinski definition) is 0. The van der Waals surface area contributed by atoms with Gasteiger partial charge in [0.05, 0.1) is 0 Å². The van der Waals surface area contributed by atoms with E-state index in [0.29, 0.717) is 5.92 Å². The molecule has 0 N–H and O–H groups in total. The maximum absolute atomic E-state index is 2.38. The van der Waals surface area contributed by atoms with Crippen LogP contribution in [0.4, 0.5) is 0 Å². The van der Waals surface area contributed by atoms with Crippen molar-refractivity contribution < 1.29 is 0 Å². The maximum atomic E-state index is 2.38. The van der Waals surface area contributed by atoms with Gasteiger partial charge in [0.2, 0.25) is 0 Å². The standard InChI is InChI=1S/C27H21N/c1-17-8-9-19-13-21-15-22-14-20-10-11-28(23-6-4-3-5-7-23)16-25(20)27(22)18(2)26(21)24(19)12-17/h3-16,18H,1-2H3. The van der Waals surface area contributed by atoms with E-state index < -0.39 is 0 Å². The Labute approximate surface area is 164 Å². The molecule has 0 bridgehead atoms. The Morgan fingerprint density at radius 3 is 2.61 bits per heavy atom. The third-order valence-electron chi connectivity index (χ3n) is 6.26. The zero-order valence-corrected chi connectivity index (χ0v) is 16.1. The van der Waals surface area contributed by atoms with Crippen LogP contribution in [0.5, 0.6) is 0 Å². The van der Waals surface area contributed by atoms with Crippen molar-refractivity contribution in [2.24, 2.45) is 0 Å². The highest BCUT2D eigenvalue weighted by Crippen LogP contribution is 2.47. The van der Waals surface area contributed by atoms with Gasteiger partial charge >= 0.3 is 0 Å². The van der Waals surface area contributed by atoms with Crippen LogP contribution in [-0.4, -0.2) is 4.57 Å². The van der Waals surface area contributed by atoms with Crippen LogP contribution in [-0.2, 0) is 0 Å². The summed E-state index contributed by atoms with van der Waals surface area (Å²) < 4.78 is 2.23. The normalized spacial score (nSPS) is 17.0. The molecule has 0 fully saturated rings. The molecule has 1 nitrogen and oxygen atoms in total.